The fraction of sp³-hybridized carbons (Fsp3) is 0.455. The lowest BCUT2D eigenvalue weighted by Crippen LogP contribution is -2.47. The Labute approximate surface area is 199 Å². The van der Waals surface area contributed by atoms with Crippen LogP contribution in [0.5, 0.6) is 0 Å². The van der Waals surface area contributed by atoms with Crippen molar-refractivity contribution in [3.05, 3.63) is 56.0 Å². The standard InChI is InChI=1S/C22H26FN7O5/c1-4-27-13-16(22(32)35-3)19(31)15-11-17(23)21(25-20(15)27)28-8-5-26(6-9-28)7-10-29-14(2)24-12-18(29)30(33)34/h11-13H,4-10H2,1-3H3. The largest absolute Gasteiger partial charge is 0.465 e. The van der Waals surface area contributed by atoms with Gasteiger partial charge in [-0.25, -0.2) is 23.7 Å². The molecule has 13 heteroatoms. The predicted octanol–water partition coefficient (Wildman–Crippen LogP) is 1.58. The zero-order chi connectivity index (χ0) is 25.3. The minimum Gasteiger partial charge on any atom is -0.465 e. The van der Waals surface area contributed by atoms with Crippen LogP contribution in [0.25, 0.3) is 11.0 Å². The number of esters is 1. The summed E-state index contributed by atoms with van der Waals surface area (Å²) in [5.41, 5.74) is -0.493. The number of nitrogens with zero attached hydrogens (tertiary/aromatic N) is 7. The number of carbonyl (C=O) groups is 1. The van der Waals surface area contributed by atoms with E-state index in [2.05, 4.69) is 19.6 Å². The first-order valence-electron chi connectivity index (χ1n) is 11.2. The Morgan fingerprint density at radius 1 is 1.26 bits per heavy atom. The second kappa shape index (κ2) is 9.78. The molecule has 0 aromatic carbocycles. The number of hydrogen-bond acceptors (Lipinski definition) is 9. The average molecular weight is 487 g/mol. The third kappa shape index (κ3) is 4.58. The Morgan fingerprint density at radius 3 is 2.60 bits per heavy atom. The number of methoxy groups -OCH3 is 1. The van der Waals surface area contributed by atoms with Crippen molar-refractivity contribution < 1.29 is 18.8 Å². The van der Waals surface area contributed by atoms with Crippen molar-refractivity contribution in [1.29, 1.82) is 0 Å². The van der Waals surface area contributed by atoms with Crippen molar-refractivity contribution in [2.24, 2.45) is 0 Å². The summed E-state index contributed by atoms with van der Waals surface area (Å²) in [6.07, 6.45) is 2.64. The van der Waals surface area contributed by atoms with E-state index in [9.17, 15) is 19.7 Å². The van der Waals surface area contributed by atoms with Gasteiger partial charge in [0.25, 0.3) is 0 Å². The Balaban J connectivity index is 1.52. The Hall–Kier alpha value is -3.87. The minimum atomic E-state index is -0.782. The number of anilines is 1. The topological polar surface area (TPSA) is 129 Å². The van der Waals surface area contributed by atoms with Gasteiger partial charge < -0.3 is 24.3 Å². The number of nitro groups is 1. The van der Waals surface area contributed by atoms with Crippen LogP contribution in [0.15, 0.2) is 23.3 Å². The lowest BCUT2D eigenvalue weighted by Gasteiger charge is -2.35. The van der Waals surface area contributed by atoms with Crippen molar-refractivity contribution in [2.75, 3.05) is 44.7 Å². The highest BCUT2D eigenvalue weighted by atomic mass is 19.1. The summed E-state index contributed by atoms with van der Waals surface area (Å²) in [6.45, 7) is 7.22. The van der Waals surface area contributed by atoms with Crippen molar-refractivity contribution >= 4 is 28.6 Å². The molecule has 35 heavy (non-hydrogen) atoms. The van der Waals surface area contributed by atoms with Gasteiger partial charge in [-0.05, 0) is 17.9 Å². The number of pyridine rings is 2. The third-order valence-electron chi connectivity index (χ3n) is 6.26. The molecule has 4 heterocycles. The maximum atomic E-state index is 15.1. The molecule has 1 aliphatic heterocycles. The summed E-state index contributed by atoms with van der Waals surface area (Å²) >= 11 is 0. The maximum absolute atomic E-state index is 15.1. The van der Waals surface area contributed by atoms with E-state index in [1.165, 1.54) is 19.5 Å². The third-order valence-corrected chi connectivity index (χ3v) is 6.26. The fourth-order valence-corrected chi connectivity index (χ4v) is 4.30. The second-order valence-electron chi connectivity index (χ2n) is 8.22. The SMILES string of the molecule is CCn1cc(C(=O)OC)c(=O)c2cc(F)c(N3CCN(CCn4c([N+](=O)[O-])cnc4C)CC3)nc21. The van der Waals surface area contributed by atoms with Gasteiger partial charge in [0.15, 0.2) is 17.5 Å². The molecule has 1 saturated heterocycles. The molecule has 0 spiro atoms. The van der Waals surface area contributed by atoms with Crippen LogP contribution in [0, 0.1) is 22.9 Å². The predicted molar refractivity (Wildman–Crippen MR) is 125 cm³/mol. The van der Waals surface area contributed by atoms with Crippen molar-refractivity contribution in [3.63, 3.8) is 0 Å². The van der Waals surface area contributed by atoms with Crippen LogP contribution in [0.4, 0.5) is 16.0 Å². The van der Waals surface area contributed by atoms with Gasteiger partial charge in [-0.3, -0.25) is 9.69 Å². The van der Waals surface area contributed by atoms with E-state index in [-0.39, 0.29) is 22.6 Å². The van der Waals surface area contributed by atoms with Crippen LogP contribution in [0.3, 0.4) is 0 Å². The molecule has 1 aliphatic rings. The smallest absolute Gasteiger partial charge is 0.343 e. The quantitative estimate of drug-likeness (QED) is 0.277. The molecule has 0 bridgehead atoms. The minimum absolute atomic E-state index is 0.0203. The highest BCUT2D eigenvalue weighted by molar-refractivity contribution is 5.93. The Morgan fingerprint density at radius 2 is 1.97 bits per heavy atom. The number of aromatic nitrogens is 4. The Kier molecular flexibility index (Phi) is 6.78. The monoisotopic (exact) mass is 487 g/mol. The van der Waals surface area contributed by atoms with Gasteiger partial charge >= 0.3 is 11.8 Å². The van der Waals surface area contributed by atoms with Crippen LogP contribution < -0.4 is 10.3 Å². The van der Waals surface area contributed by atoms with Gasteiger partial charge in [0.1, 0.15) is 24.0 Å². The fourth-order valence-electron chi connectivity index (χ4n) is 4.30. The van der Waals surface area contributed by atoms with Gasteiger partial charge in [-0.2, -0.15) is 0 Å². The summed E-state index contributed by atoms with van der Waals surface area (Å²) in [5, 5.41) is 11.2. The van der Waals surface area contributed by atoms with Gasteiger partial charge in [0.2, 0.25) is 5.43 Å². The molecule has 0 saturated carbocycles. The number of imidazole rings is 1. The lowest BCUT2D eigenvalue weighted by atomic mass is 10.1. The average Bonchev–Trinajstić information content (AvgIpc) is 3.23. The van der Waals surface area contributed by atoms with Crippen LogP contribution in [-0.2, 0) is 17.8 Å². The molecule has 1 fully saturated rings. The van der Waals surface area contributed by atoms with E-state index in [1.807, 2.05) is 11.8 Å². The summed E-state index contributed by atoms with van der Waals surface area (Å²) in [7, 11) is 1.18. The molecule has 4 rings (SSSR count). The van der Waals surface area contributed by atoms with Crippen LogP contribution in [-0.4, -0.2) is 74.7 Å². The molecule has 0 aliphatic carbocycles. The molecule has 0 radical (unpaired) electrons. The highest BCUT2D eigenvalue weighted by Gasteiger charge is 2.25. The number of rotatable bonds is 7. The lowest BCUT2D eigenvalue weighted by molar-refractivity contribution is -0.392. The molecule has 0 N–H and O–H groups in total. The van der Waals surface area contributed by atoms with E-state index in [0.29, 0.717) is 57.3 Å². The summed E-state index contributed by atoms with van der Waals surface area (Å²) in [6, 6.07) is 1.13. The number of piperazine rings is 1. The van der Waals surface area contributed by atoms with Crippen LogP contribution in [0.2, 0.25) is 0 Å². The number of aryl methyl sites for hydroxylation is 2. The summed E-state index contributed by atoms with van der Waals surface area (Å²) in [4.78, 5) is 47.9. The molecule has 186 valence electrons. The maximum Gasteiger partial charge on any atom is 0.343 e. The number of hydrogen-bond donors (Lipinski definition) is 0. The molecule has 0 atom stereocenters. The molecular weight excluding hydrogens is 461 g/mol. The Bertz CT molecular complexity index is 1340. The van der Waals surface area contributed by atoms with Crippen LogP contribution >= 0.6 is 0 Å². The molecule has 3 aromatic rings. The number of ether oxygens (including phenoxy) is 1. The van der Waals surface area contributed by atoms with Gasteiger partial charge in [-0.15, -0.1) is 0 Å². The second-order valence-corrected chi connectivity index (χ2v) is 8.22. The summed E-state index contributed by atoms with van der Waals surface area (Å²) < 4.78 is 22.9. The number of halogens is 1. The number of carbonyl (C=O) groups excluding carboxylic acids is 1. The van der Waals surface area contributed by atoms with Gasteiger partial charge in [0.05, 0.1) is 12.5 Å². The van der Waals surface area contributed by atoms with E-state index >= 15 is 4.39 Å². The van der Waals surface area contributed by atoms with Gasteiger partial charge in [0, 0.05) is 52.4 Å². The van der Waals surface area contributed by atoms with E-state index in [4.69, 9.17) is 0 Å². The zero-order valence-corrected chi connectivity index (χ0v) is 19.7. The first-order valence-corrected chi connectivity index (χ1v) is 11.2. The molecule has 3 aromatic heterocycles. The molecule has 12 nitrogen and oxygen atoms in total. The van der Waals surface area contributed by atoms with Crippen molar-refractivity contribution in [3.8, 4) is 0 Å². The molecular formula is C22H26FN7O5. The molecule has 0 unspecified atom stereocenters. The highest BCUT2D eigenvalue weighted by Crippen LogP contribution is 2.23. The van der Waals surface area contributed by atoms with E-state index in [1.54, 1.807) is 16.1 Å². The van der Waals surface area contributed by atoms with Crippen molar-refractivity contribution in [1.82, 2.24) is 24.0 Å². The van der Waals surface area contributed by atoms with Crippen LogP contribution in [0.1, 0.15) is 23.1 Å². The normalized spacial score (nSPS) is 14.5. The van der Waals surface area contributed by atoms with Gasteiger partial charge in [-0.1, -0.05) is 0 Å². The zero-order valence-electron chi connectivity index (χ0n) is 19.7. The van der Waals surface area contributed by atoms with E-state index in [0.717, 1.165) is 6.07 Å². The number of fused-ring (bicyclic) bond motifs is 1. The first-order chi connectivity index (χ1) is 16.7. The van der Waals surface area contributed by atoms with E-state index < -0.39 is 22.1 Å². The molecule has 0 amide bonds. The summed E-state index contributed by atoms with van der Waals surface area (Å²) in [5.74, 6) is -0.741. The first kappa shape index (κ1) is 24.3. The van der Waals surface area contributed by atoms with Crippen molar-refractivity contribution in [2.45, 2.75) is 26.9 Å².